The fourth-order valence-electron chi connectivity index (χ4n) is 2.36. The van der Waals surface area contributed by atoms with Crippen molar-refractivity contribution >= 4 is 0 Å². The van der Waals surface area contributed by atoms with Crippen LogP contribution in [-0.2, 0) is 13.6 Å². The number of tetrazole rings is 1. The Labute approximate surface area is 102 Å². The van der Waals surface area contributed by atoms with E-state index in [1.54, 1.807) is 7.05 Å². The molecule has 0 aliphatic carbocycles. The monoisotopic (exact) mass is 238 g/mol. The third-order valence-electron chi connectivity index (χ3n) is 3.10. The first-order chi connectivity index (χ1) is 8.28. The van der Waals surface area contributed by atoms with Gasteiger partial charge in [-0.05, 0) is 37.6 Å². The van der Waals surface area contributed by atoms with Crippen molar-refractivity contribution in [2.24, 2.45) is 7.05 Å². The van der Waals surface area contributed by atoms with Gasteiger partial charge in [0.05, 0.1) is 13.6 Å². The predicted octanol–water partition coefficient (Wildman–Crippen LogP) is 0.174. The molecule has 0 aromatic carbocycles. The highest BCUT2D eigenvalue weighted by atomic mass is 15.6. The number of rotatable bonds is 6. The van der Waals surface area contributed by atoms with Crippen LogP contribution in [0.1, 0.15) is 32.0 Å². The number of aryl methyl sites for hydroxylation is 1. The van der Waals surface area contributed by atoms with Crippen molar-refractivity contribution in [2.45, 2.75) is 38.8 Å². The summed E-state index contributed by atoms with van der Waals surface area (Å²) in [5.41, 5.74) is 0. The second-order valence-corrected chi connectivity index (χ2v) is 4.72. The van der Waals surface area contributed by atoms with Gasteiger partial charge < -0.3 is 5.32 Å². The first kappa shape index (κ1) is 12.4. The maximum Gasteiger partial charge on any atom is 0.188 e. The summed E-state index contributed by atoms with van der Waals surface area (Å²) in [6.07, 6.45) is 3.75. The summed E-state index contributed by atoms with van der Waals surface area (Å²) < 4.78 is 0. The first-order valence-corrected chi connectivity index (χ1v) is 6.46. The van der Waals surface area contributed by atoms with E-state index >= 15 is 0 Å². The highest BCUT2D eigenvalue weighted by molar-refractivity contribution is 4.82. The molecular weight excluding hydrogens is 216 g/mol. The Morgan fingerprint density at radius 2 is 2.41 bits per heavy atom. The van der Waals surface area contributed by atoms with E-state index in [1.165, 1.54) is 17.6 Å². The fraction of sp³-hybridized carbons (Fsp3) is 0.909. The molecule has 0 spiro atoms. The van der Waals surface area contributed by atoms with Crippen LogP contribution >= 0.6 is 0 Å². The second-order valence-electron chi connectivity index (χ2n) is 4.72. The van der Waals surface area contributed by atoms with Gasteiger partial charge in [-0.3, -0.25) is 4.90 Å². The Kier molecular flexibility index (Phi) is 4.44. The zero-order valence-electron chi connectivity index (χ0n) is 10.8. The van der Waals surface area contributed by atoms with Gasteiger partial charge in [0.1, 0.15) is 0 Å². The molecule has 17 heavy (non-hydrogen) atoms. The maximum absolute atomic E-state index is 4.24. The third kappa shape index (κ3) is 3.74. The first-order valence-electron chi connectivity index (χ1n) is 6.46. The lowest BCUT2D eigenvalue weighted by Crippen LogP contribution is -2.37. The van der Waals surface area contributed by atoms with Gasteiger partial charge in [-0.2, -0.15) is 4.80 Å². The lowest BCUT2D eigenvalue weighted by Gasteiger charge is -2.23. The SMILES string of the molecule is CCCN(Cc1nnn(C)n1)CC1CCCN1. The number of aromatic nitrogens is 4. The van der Waals surface area contributed by atoms with Crippen molar-refractivity contribution in [3.63, 3.8) is 0 Å². The normalized spacial score (nSPS) is 20.3. The smallest absolute Gasteiger partial charge is 0.188 e. The zero-order chi connectivity index (χ0) is 12.1. The molecule has 2 heterocycles. The topological polar surface area (TPSA) is 58.9 Å². The van der Waals surface area contributed by atoms with Crippen molar-refractivity contribution in [3.05, 3.63) is 5.82 Å². The van der Waals surface area contributed by atoms with E-state index in [2.05, 4.69) is 32.6 Å². The lowest BCUT2D eigenvalue weighted by molar-refractivity contribution is 0.236. The van der Waals surface area contributed by atoms with Crippen LogP contribution in [-0.4, -0.2) is 50.8 Å². The van der Waals surface area contributed by atoms with Crippen molar-refractivity contribution in [1.29, 1.82) is 0 Å². The van der Waals surface area contributed by atoms with E-state index in [-0.39, 0.29) is 0 Å². The molecule has 6 nitrogen and oxygen atoms in total. The van der Waals surface area contributed by atoms with Gasteiger partial charge in [0, 0.05) is 12.6 Å². The van der Waals surface area contributed by atoms with Gasteiger partial charge in [-0.1, -0.05) is 6.92 Å². The second kappa shape index (κ2) is 6.07. The van der Waals surface area contributed by atoms with E-state index < -0.39 is 0 Å². The van der Waals surface area contributed by atoms with E-state index in [0.29, 0.717) is 6.04 Å². The Bertz CT molecular complexity index is 330. The molecule has 0 saturated carbocycles. The number of nitrogens with one attached hydrogen (secondary N) is 1. The summed E-state index contributed by atoms with van der Waals surface area (Å²) in [6.45, 7) is 6.36. The molecule has 1 aliphatic rings. The van der Waals surface area contributed by atoms with Crippen LogP contribution in [0.2, 0.25) is 0 Å². The van der Waals surface area contributed by atoms with Crippen LogP contribution in [0, 0.1) is 0 Å². The summed E-state index contributed by atoms with van der Waals surface area (Å²) in [5, 5.41) is 15.7. The van der Waals surface area contributed by atoms with Crippen LogP contribution in [0.4, 0.5) is 0 Å². The van der Waals surface area contributed by atoms with Crippen molar-refractivity contribution in [2.75, 3.05) is 19.6 Å². The van der Waals surface area contributed by atoms with E-state index in [0.717, 1.165) is 38.4 Å². The number of hydrogen-bond acceptors (Lipinski definition) is 5. The van der Waals surface area contributed by atoms with Crippen LogP contribution in [0.5, 0.6) is 0 Å². The molecular formula is C11H22N6. The Hall–Kier alpha value is -1.01. The number of nitrogens with zero attached hydrogens (tertiary/aromatic N) is 5. The Morgan fingerprint density at radius 3 is 3.00 bits per heavy atom. The largest absolute Gasteiger partial charge is 0.313 e. The molecule has 1 aliphatic heterocycles. The van der Waals surface area contributed by atoms with E-state index in [4.69, 9.17) is 0 Å². The predicted molar refractivity (Wildman–Crippen MR) is 65.4 cm³/mol. The maximum atomic E-state index is 4.24. The third-order valence-corrected chi connectivity index (χ3v) is 3.10. The van der Waals surface area contributed by atoms with Crippen molar-refractivity contribution in [3.8, 4) is 0 Å². The minimum atomic E-state index is 0.637. The van der Waals surface area contributed by atoms with Gasteiger partial charge in [-0.15, -0.1) is 10.2 Å². The van der Waals surface area contributed by atoms with Crippen LogP contribution < -0.4 is 5.32 Å². The summed E-state index contributed by atoms with van der Waals surface area (Å²) in [7, 11) is 1.80. The summed E-state index contributed by atoms with van der Waals surface area (Å²) in [5.74, 6) is 0.818. The van der Waals surface area contributed by atoms with E-state index in [1.807, 2.05) is 0 Å². The Morgan fingerprint density at radius 1 is 1.53 bits per heavy atom. The van der Waals surface area contributed by atoms with Gasteiger partial charge in [0.2, 0.25) is 0 Å². The van der Waals surface area contributed by atoms with Crippen LogP contribution in [0.25, 0.3) is 0 Å². The van der Waals surface area contributed by atoms with Gasteiger partial charge in [0.15, 0.2) is 5.82 Å². The van der Waals surface area contributed by atoms with Crippen molar-refractivity contribution < 1.29 is 0 Å². The molecule has 1 unspecified atom stereocenters. The highest BCUT2D eigenvalue weighted by Crippen LogP contribution is 2.09. The van der Waals surface area contributed by atoms with Crippen LogP contribution in [0.3, 0.4) is 0 Å². The highest BCUT2D eigenvalue weighted by Gasteiger charge is 2.18. The molecule has 1 aromatic rings. The lowest BCUT2D eigenvalue weighted by atomic mass is 10.2. The van der Waals surface area contributed by atoms with Gasteiger partial charge >= 0.3 is 0 Å². The quantitative estimate of drug-likeness (QED) is 0.766. The minimum absolute atomic E-state index is 0.637. The summed E-state index contributed by atoms with van der Waals surface area (Å²) in [6, 6.07) is 0.637. The van der Waals surface area contributed by atoms with E-state index in [9.17, 15) is 0 Å². The Balaban J connectivity index is 1.87. The molecule has 2 rings (SSSR count). The molecule has 0 radical (unpaired) electrons. The molecule has 1 N–H and O–H groups in total. The van der Waals surface area contributed by atoms with Gasteiger partial charge in [-0.25, -0.2) is 0 Å². The molecule has 96 valence electrons. The molecule has 0 bridgehead atoms. The van der Waals surface area contributed by atoms with Gasteiger partial charge in [0.25, 0.3) is 0 Å². The van der Waals surface area contributed by atoms with Crippen molar-refractivity contribution in [1.82, 2.24) is 30.4 Å². The number of hydrogen-bond donors (Lipinski definition) is 1. The molecule has 1 fully saturated rings. The standard InChI is InChI=1S/C11H22N6/c1-3-7-17(8-10-5-4-6-12-10)9-11-13-15-16(2)14-11/h10,12H,3-9H2,1-2H3. The average Bonchev–Trinajstić information content (AvgIpc) is 2.91. The molecule has 1 saturated heterocycles. The van der Waals surface area contributed by atoms with Crippen LogP contribution in [0.15, 0.2) is 0 Å². The minimum Gasteiger partial charge on any atom is -0.313 e. The zero-order valence-corrected chi connectivity index (χ0v) is 10.8. The fourth-order valence-corrected chi connectivity index (χ4v) is 2.36. The molecule has 1 aromatic heterocycles. The average molecular weight is 238 g/mol. The molecule has 1 atom stereocenters. The summed E-state index contributed by atoms with van der Waals surface area (Å²) in [4.78, 5) is 3.94. The molecule has 6 heteroatoms. The molecule has 0 amide bonds. The summed E-state index contributed by atoms with van der Waals surface area (Å²) >= 11 is 0.